The van der Waals surface area contributed by atoms with Crippen molar-refractivity contribution in [3.63, 3.8) is 0 Å². The summed E-state index contributed by atoms with van der Waals surface area (Å²) in [4.78, 5) is 0. The van der Waals surface area contributed by atoms with Crippen molar-refractivity contribution in [2.45, 2.75) is 27.7 Å². The molecule has 0 nitrogen and oxygen atoms in total. The van der Waals surface area contributed by atoms with Gasteiger partial charge >= 0.3 is 0 Å². The highest BCUT2D eigenvalue weighted by atomic mass is 32.1. The quantitative estimate of drug-likeness (QED) is 0.163. The van der Waals surface area contributed by atoms with Gasteiger partial charge in [0.1, 0.15) is 0 Å². The van der Waals surface area contributed by atoms with Crippen molar-refractivity contribution >= 4 is 94.5 Å². The topological polar surface area (TPSA) is 0 Å². The molecule has 3 heteroatoms. The van der Waals surface area contributed by atoms with Crippen molar-refractivity contribution in [1.29, 1.82) is 0 Å². The maximum atomic E-state index is 2.27. The Morgan fingerprint density at radius 3 is 1.39 bits per heavy atom. The minimum atomic E-state index is 1.26. The van der Waals surface area contributed by atoms with Crippen LogP contribution in [0.5, 0.6) is 0 Å². The number of thiophene rings is 3. The molecule has 0 aliphatic carbocycles. The molecule has 12 aromatic rings. The molecule has 0 bridgehead atoms. The first-order chi connectivity index (χ1) is 29.9. The predicted octanol–water partition coefficient (Wildman–Crippen LogP) is 18.4. The van der Waals surface area contributed by atoms with Gasteiger partial charge in [-0.3, -0.25) is 0 Å². The van der Waals surface area contributed by atoms with Crippen LogP contribution in [0.1, 0.15) is 22.3 Å². The van der Waals surface area contributed by atoms with Crippen molar-refractivity contribution in [2.24, 2.45) is 0 Å². The van der Waals surface area contributed by atoms with Crippen LogP contribution in [-0.2, 0) is 0 Å². The van der Waals surface area contributed by atoms with Crippen molar-refractivity contribution in [3.05, 3.63) is 229 Å². The molecular weight excluding hydrogens is 793 g/mol. The molecule has 0 fully saturated rings. The summed E-state index contributed by atoms with van der Waals surface area (Å²) in [6.07, 6.45) is 0. The zero-order valence-corrected chi connectivity index (χ0v) is 37.3. The van der Waals surface area contributed by atoms with E-state index in [0.29, 0.717) is 0 Å². The van der Waals surface area contributed by atoms with Crippen LogP contribution in [0.2, 0.25) is 0 Å². The minimum absolute atomic E-state index is 1.26. The first kappa shape index (κ1) is 40.1. The maximum Gasteiger partial charge on any atom is 0.0384 e. The fourth-order valence-electron chi connectivity index (χ4n) is 7.89. The molecule has 61 heavy (non-hydrogen) atoms. The average Bonchev–Trinajstić information content (AvgIpc) is 3.99. The summed E-state index contributed by atoms with van der Waals surface area (Å²) < 4.78 is 8.36. The fraction of sp³-hybridized carbons (Fsp3) is 0.0690. The van der Waals surface area contributed by atoms with Crippen LogP contribution in [0.25, 0.3) is 82.8 Å². The fourth-order valence-corrected chi connectivity index (χ4v) is 11.4. The predicted molar refractivity (Wildman–Crippen MR) is 274 cm³/mol. The van der Waals surface area contributed by atoms with Crippen molar-refractivity contribution < 1.29 is 0 Å². The number of aryl methyl sites for hydroxylation is 4. The van der Waals surface area contributed by atoms with E-state index < -0.39 is 0 Å². The monoisotopic (exact) mass is 838 g/mol. The lowest BCUT2D eigenvalue weighted by Gasteiger charge is -2.06. The molecular formula is C58H46S3. The van der Waals surface area contributed by atoms with Crippen LogP contribution in [0, 0.1) is 27.7 Å². The summed E-state index contributed by atoms with van der Waals surface area (Å²) in [6.45, 7) is 8.60. The number of fused-ring (bicyclic) bond motifs is 9. The molecule has 0 N–H and O–H groups in total. The van der Waals surface area contributed by atoms with E-state index in [1.54, 1.807) is 0 Å². The van der Waals surface area contributed by atoms with Gasteiger partial charge in [-0.15, -0.1) is 34.0 Å². The normalized spacial score (nSPS) is 11.0. The summed E-state index contributed by atoms with van der Waals surface area (Å²) in [5.74, 6) is 0. The molecule has 0 saturated heterocycles. The first-order valence-corrected chi connectivity index (χ1v) is 23.2. The Morgan fingerprint density at radius 2 is 0.689 bits per heavy atom. The smallest absolute Gasteiger partial charge is 0.0384 e. The summed E-state index contributed by atoms with van der Waals surface area (Å²) in [5, 5.41) is 8.33. The molecule has 0 saturated carbocycles. The van der Waals surface area contributed by atoms with Gasteiger partial charge in [-0.1, -0.05) is 175 Å². The molecule has 0 aliphatic heterocycles. The average molecular weight is 839 g/mol. The third kappa shape index (κ3) is 8.92. The van der Waals surface area contributed by atoms with Gasteiger partial charge in [-0.05, 0) is 104 Å². The zero-order chi connectivity index (χ0) is 41.7. The summed E-state index contributed by atoms with van der Waals surface area (Å²) in [7, 11) is 0. The molecule has 12 rings (SSSR count). The van der Waals surface area contributed by atoms with E-state index in [-0.39, 0.29) is 0 Å². The van der Waals surface area contributed by atoms with E-state index >= 15 is 0 Å². The highest BCUT2D eigenvalue weighted by Crippen LogP contribution is 2.37. The number of rotatable bonds is 2. The second kappa shape index (κ2) is 18.1. The molecule has 0 radical (unpaired) electrons. The second-order valence-corrected chi connectivity index (χ2v) is 18.8. The largest absolute Gasteiger partial charge is 0.135 e. The van der Waals surface area contributed by atoms with Gasteiger partial charge in [0.25, 0.3) is 0 Å². The number of benzene rings is 9. The van der Waals surface area contributed by atoms with Crippen LogP contribution >= 0.6 is 34.0 Å². The molecule has 0 atom stereocenters. The number of hydrogen-bond donors (Lipinski definition) is 0. The summed E-state index contributed by atoms with van der Waals surface area (Å²) in [6, 6.07) is 73.5. The minimum Gasteiger partial charge on any atom is -0.135 e. The first-order valence-electron chi connectivity index (χ1n) is 20.7. The van der Waals surface area contributed by atoms with Gasteiger partial charge in [0.15, 0.2) is 0 Å². The molecule has 0 unspecified atom stereocenters. The Balaban J connectivity index is 0.000000105. The van der Waals surface area contributed by atoms with Crippen LogP contribution in [0.4, 0.5) is 0 Å². The van der Waals surface area contributed by atoms with Gasteiger partial charge < -0.3 is 0 Å². The van der Waals surface area contributed by atoms with Gasteiger partial charge in [0, 0.05) is 60.5 Å². The van der Waals surface area contributed by atoms with Gasteiger partial charge in [-0.2, -0.15) is 0 Å². The van der Waals surface area contributed by atoms with E-state index in [2.05, 4.69) is 228 Å². The molecule has 0 spiro atoms. The Bertz CT molecular complexity index is 3400. The van der Waals surface area contributed by atoms with Gasteiger partial charge in [-0.25, -0.2) is 0 Å². The Morgan fingerprint density at radius 1 is 0.246 bits per heavy atom. The standard InChI is InChI=1S/C19H16.3C13H10S/c1-15-7-5-10-17(13-15)19-12-6-11-18(14-19)16-8-3-2-4-9-16;1-9-5-4-7-11-10-6-2-3-8-12(10)14-13(9)11;1-9-6-7-13-11(8-9)10-4-2-3-5-12(10)14-13;1-9-6-7-11-10-4-2-3-5-12(10)14-13(11)8-9/h2-14H,1H3;3*2-8H,1H3. The highest BCUT2D eigenvalue weighted by molar-refractivity contribution is 7.26. The summed E-state index contributed by atoms with van der Waals surface area (Å²) in [5.41, 5.74) is 10.4. The molecule has 3 heterocycles. The SMILES string of the molecule is Cc1ccc2c(c1)sc1ccccc12.Cc1ccc2sc3ccccc3c2c1.Cc1cccc(-c2cccc(-c3ccccc3)c2)c1.Cc1cccc2c1sc1ccccc12. The van der Waals surface area contributed by atoms with Crippen molar-refractivity contribution in [3.8, 4) is 22.3 Å². The van der Waals surface area contributed by atoms with Crippen LogP contribution in [-0.4, -0.2) is 0 Å². The van der Waals surface area contributed by atoms with Gasteiger partial charge in [0.2, 0.25) is 0 Å². The third-order valence-electron chi connectivity index (χ3n) is 11.0. The molecule has 9 aromatic carbocycles. The van der Waals surface area contributed by atoms with E-state index in [1.165, 1.54) is 105 Å². The molecule has 0 amide bonds. The van der Waals surface area contributed by atoms with Gasteiger partial charge in [0.05, 0.1) is 0 Å². The zero-order valence-electron chi connectivity index (χ0n) is 34.9. The summed E-state index contributed by atoms with van der Waals surface area (Å²) >= 11 is 5.63. The van der Waals surface area contributed by atoms with Crippen molar-refractivity contribution in [2.75, 3.05) is 0 Å². The maximum absolute atomic E-state index is 2.27. The molecule has 296 valence electrons. The van der Waals surface area contributed by atoms with Crippen LogP contribution < -0.4 is 0 Å². The lowest BCUT2D eigenvalue weighted by Crippen LogP contribution is -1.82. The Kier molecular flexibility index (Phi) is 11.9. The van der Waals surface area contributed by atoms with E-state index in [1.807, 2.05) is 40.1 Å². The Labute approximate surface area is 370 Å². The second-order valence-electron chi connectivity index (χ2n) is 15.6. The number of hydrogen-bond acceptors (Lipinski definition) is 3. The Hall–Kier alpha value is -6.36. The van der Waals surface area contributed by atoms with E-state index in [4.69, 9.17) is 0 Å². The van der Waals surface area contributed by atoms with E-state index in [0.717, 1.165) is 0 Å². The lowest BCUT2D eigenvalue weighted by molar-refractivity contribution is 1.47. The van der Waals surface area contributed by atoms with Crippen LogP contribution in [0.3, 0.4) is 0 Å². The lowest BCUT2D eigenvalue weighted by atomic mass is 9.98. The molecule has 3 aromatic heterocycles. The molecule has 0 aliphatic rings. The third-order valence-corrected chi connectivity index (χ3v) is 14.6. The van der Waals surface area contributed by atoms with Crippen molar-refractivity contribution in [1.82, 2.24) is 0 Å². The van der Waals surface area contributed by atoms with E-state index in [9.17, 15) is 0 Å². The highest BCUT2D eigenvalue weighted by Gasteiger charge is 2.06. The van der Waals surface area contributed by atoms with Crippen LogP contribution in [0.15, 0.2) is 206 Å².